The minimum absolute atomic E-state index is 0.0967. The maximum Gasteiger partial charge on any atom is 0.224 e. The van der Waals surface area contributed by atoms with Crippen molar-refractivity contribution in [2.75, 3.05) is 19.6 Å². The number of rotatable bonds is 7. The smallest absolute Gasteiger partial charge is 0.224 e. The topological polar surface area (TPSA) is 50.2 Å². The van der Waals surface area contributed by atoms with Crippen LogP contribution in [0, 0.1) is 20.8 Å². The number of amides is 1. The average molecular weight is 383 g/mol. The molecule has 0 bridgehead atoms. The predicted molar refractivity (Wildman–Crippen MR) is 114 cm³/mol. The summed E-state index contributed by atoms with van der Waals surface area (Å²) in [4.78, 5) is 15.3. The molecule has 1 aliphatic rings. The molecule has 3 rings (SSSR count). The van der Waals surface area contributed by atoms with Crippen LogP contribution < -0.4 is 5.32 Å². The molecule has 5 heteroatoms. The molecule has 152 valence electrons. The highest BCUT2D eigenvalue weighted by molar-refractivity contribution is 5.79. The molecule has 2 aromatic rings. The van der Waals surface area contributed by atoms with Gasteiger partial charge in [0, 0.05) is 23.8 Å². The Morgan fingerprint density at radius 1 is 1.14 bits per heavy atom. The van der Waals surface area contributed by atoms with E-state index in [1.165, 1.54) is 24.8 Å². The summed E-state index contributed by atoms with van der Waals surface area (Å²) in [5.74, 6) is 0.0967. The third-order valence-corrected chi connectivity index (χ3v) is 5.91. The zero-order valence-corrected chi connectivity index (χ0v) is 17.8. The minimum atomic E-state index is 0.0967. The van der Waals surface area contributed by atoms with E-state index in [0.29, 0.717) is 6.42 Å². The number of carbonyl (C=O) groups excluding carboxylic acids is 1. The molecule has 0 saturated carbocycles. The van der Waals surface area contributed by atoms with Crippen LogP contribution in [0.15, 0.2) is 24.3 Å². The van der Waals surface area contributed by atoms with E-state index in [4.69, 9.17) is 5.10 Å². The number of benzene rings is 1. The Hall–Kier alpha value is -2.14. The summed E-state index contributed by atoms with van der Waals surface area (Å²) in [7, 11) is 0. The van der Waals surface area contributed by atoms with E-state index < -0.39 is 0 Å². The Morgan fingerprint density at radius 3 is 2.54 bits per heavy atom. The van der Waals surface area contributed by atoms with E-state index >= 15 is 0 Å². The molecule has 2 heterocycles. The van der Waals surface area contributed by atoms with Crippen LogP contribution in [-0.2, 0) is 11.2 Å². The van der Waals surface area contributed by atoms with Crippen LogP contribution in [0.5, 0.6) is 0 Å². The number of nitrogens with zero attached hydrogens (tertiary/aromatic N) is 3. The van der Waals surface area contributed by atoms with E-state index in [1.807, 2.05) is 23.7 Å². The van der Waals surface area contributed by atoms with Crippen LogP contribution in [0.25, 0.3) is 5.69 Å². The number of para-hydroxylation sites is 1. The molecular weight excluding hydrogens is 348 g/mol. The first kappa shape index (κ1) is 20.6. The number of likely N-dealkylation sites (tertiary alicyclic amines) is 1. The SMILES string of the molecule is CC[C@@H](CN1CCCCC1)NC(=O)Cc1c(C)nn(-c2ccccc2C)c1C. The number of aryl methyl sites for hydroxylation is 2. The Balaban J connectivity index is 1.67. The van der Waals surface area contributed by atoms with E-state index in [2.05, 4.69) is 43.1 Å². The van der Waals surface area contributed by atoms with Crippen LogP contribution in [-0.4, -0.2) is 46.3 Å². The third kappa shape index (κ3) is 4.82. The molecule has 5 nitrogen and oxygen atoms in total. The normalized spacial score (nSPS) is 16.1. The highest BCUT2D eigenvalue weighted by atomic mass is 16.1. The van der Waals surface area contributed by atoms with Gasteiger partial charge in [0.1, 0.15) is 0 Å². The van der Waals surface area contributed by atoms with E-state index in [9.17, 15) is 4.79 Å². The molecule has 1 fully saturated rings. The van der Waals surface area contributed by atoms with Gasteiger partial charge in [0.15, 0.2) is 0 Å². The molecule has 1 aromatic heterocycles. The standard InChI is InChI=1S/C23H34N4O/c1-5-20(16-26-13-9-6-10-14-26)24-23(28)15-21-18(3)25-27(19(21)4)22-12-8-7-11-17(22)2/h7-8,11-12,20H,5-6,9-10,13-16H2,1-4H3,(H,24,28)/t20-/m0/s1. The Labute approximate surface area is 169 Å². The summed E-state index contributed by atoms with van der Waals surface area (Å²) in [6.45, 7) is 11.6. The van der Waals surface area contributed by atoms with Gasteiger partial charge in [-0.25, -0.2) is 4.68 Å². The first-order valence-electron chi connectivity index (χ1n) is 10.6. The minimum Gasteiger partial charge on any atom is -0.352 e. The Kier molecular flexibility index (Phi) is 6.89. The van der Waals surface area contributed by atoms with Gasteiger partial charge in [0.05, 0.1) is 17.8 Å². The number of piperidine rings is 1. The Morgan fingerprint density at radius 2 is 1.86 bits per heavy atom. The number of aromatic nitrogens is 2. The van der Waals surface area contributed by atoms with Gasteiger partial charge in [-0.05, 0) is 64.8 Å². The fraction of sp³-hybridized carbons (Fsp3) is 0.565. The van der Waals surface area contributed by atoms with Crippen LogP contribution >= 0.6 is 0 Å². The lowest BCUT2D eigenvalue weighted by Crippen LogP contribution is -2.45. The number of hydrogen-bond donors (Lipinski definition) is 1. The molecule has 1 saturated heterocycles. The van der Waals surface area contributed by atoms with Gasteiger partial charge < -0.3 is 10.2 Å². The molecule has 28 heavy (non-hydrogen) atoms. The third-order valence-electron chi connectivity index (χ3n) is 5.91. The summed E-state index contributed by atoms with van der Waals surface area (Å²) in [5, 5.41) is 7.98. The second-order valence-corrected chi connectivity index (χ2v) is 8.06. The molecule has 0 radical (unpaired) electrons. The zero-order valence-electron chi connectivity index (χ0n) is 17.8. The van der Waals surface area contributed by atoms with E-state index in [-0.39, 0.29) is 11.9 Å². The molecule has 0 aliphatic carbocycles. The molecule has 1 atom stereocenters. The molecule has 0 spiro atoms. The van der Waals surface area contributed by atoms with Gasteiger partial charge in [0.2, 0.25) is 5.91 Å². The largest absolute Gasteiger partial charge is 0.352 e. The Bertz CT molecular complexity index is 805. The highest BCUT2D eigenvalue weighted by Crippen LogP contribution is 2.21. The van der Waals surface area contributed by atoms with Crippen molar-refractivity contribution in [2.24, 2.45) is 0 Å². The molecular formula is C23H34N4O. The molecule has 1 aromatic carbocycles. The molecule has 1 aliphatic heterocycles. The average Bonchev–Trinajstić information content (AvgIpc) is 2.96. The maximum absolute atomic E-state index is 12.8. The van der Waals surface area contributed by atoms with Crippen molar-refractivity contribution in [1.82, 2.24) is 20.0 Å². The molecule has 0 unspecified atom stereocenters. The van der Waals surface area contributed by atoms with Gasteiger partial charge in [-0.3, -0.25) is 4.79 Å². The first-order chi connectivity index (χ1) is 13.5. The quantitative estimate of drug-likeness (QED) is 0.794. The predicted octanol–water partition coefficient (Wildman–Crippen LogP) is 3.72. The van der Waals surface area contributed by atoms with Crippen molar-refractivity contribution in [3.05, 3.63) is 46.8 Å². The summed E-state index contributed by atoms with van der Waals surface area (Å²) < 4.78 is 1.97. The molecule has 1 N–H and O–H groups in total. The second kappa shape index (κ2) is 9.37. The van der Waals surface area contributed by atoms with Crippen molar-refractivity contribution in [1.29, 1.82) is 0 Å². The van der Waals surface area contributed by atoms with Gasteiger partial charge in [-0.1, -0.05) is 31.5 Å². The van der Waals surface area contributed by atoms with Crippen molar-refractivity contribution in [2.45, 2.75) is 65.8 Å². The van der Waals surface area contributed by atoms with Crippen LogP contribution in [0.4, 0.5) is 0 Å². The van der Waals surface area contributed by atoms with Gasteiger partial charge in [0.25, 0.3) is 0 Å². The van der Waals surface area contributed by atoms with Crippen LogP contribution in [0.1, 0.15) is 55.1 Å². The maximum atomic E-state index is 12.8. The number of nitrogens with one attached hydrogen (secondary N) is 1. The number of carbonyl (C=O) groups is 1. The first-order valence-corrected chi connectivity index (χ1v) is 10.6. The van der Waals surface area contributed by atoms with E-state index in [0.717, 1.165) is 48.7 Å². The van der Waals surface area contributed by atoms with Crippen LogP contribution in [0.3, 0.4) is 0 Å². The summed E-state index contributed by atoms with van der Waals surface area (Å²) in [6.07, 6.45) is 5.24. The van der Waals surface area contributed by atoms with Crippen LogP contribution in [0.2, 0.25) is 0 Å². The van der Waals surface area contributed by atoms with Gasteiger partial charge >= 0.3 is 0 Å². The van der Waals surface area contributed by atoms with Crippen molar-refractivity contribution in [3.63, 3.8) is 0 Å². The zero-order chi connectivity index (χ0) is 20.1. The van der Waals surface area contributed by atoms with E-state index in [1.54, 1.807) is 0 Å². The molecule has 1 amide bonds. The van der Waals surface area contributed by atoms with Crippen molar-refractivity contribution < 1.29 is 4.79 Å². The lowest BCUT2D eigenvalue weighted by atomic mass is 10.1. The van der Waals surface area contributed by atoms with Crippen molar-refractivity contribution in [3.8, 4) is 5.69 Å². The van der Waals surface area contributed by atoms with Gasteiger partial charge in [-0.15, -0.1) is 0 Å². The monoisotopic (exact) mass is 382 g/mol. The summed E-state index contributed by atoms with van der Waals surface area (Å²) in [5.41, 5.74) is 5.27. The number of hydrogen-bond acceptors (Lipinski definition) is 3. The lowest BCUT2D eigenvalue weighted by Gasteiger charge is -2.30. The summed E-state index contributed by atoms with van der Waals surface area (Å²) >= 11 is 0. The lowest BCUT2D eigenvalue weighted by molar-refractivity contribution is -0.121. The summed E-state index contributed by atoms with van der Waals surface area (Å²) in [6, 6.07) is 8.44. The fourth-order valence-corrected chi connectivity index (χ4v) is 4.14. The fourth-order valence-electron chi connectivity index (χ4n) is 4.14. The second-order valence-electron chi connectivity index (χ2n) is 8.06. The highest BCUT2D eigenvalue weighted by Gasteiger charge is 2.20. The van der Waals surface area contributed by atoms with Crippen molar-refractivity contribution >= 4 is 5.91 Å². The van der Waals surface area contributed by atoms with Gasteiger partial charge in [-0.2, -0.15) is 5.10 Å².